The van der Waals surface area contributed by atoms with Gasteiger partial charge >= 0.3 is 0 Å². The molecule has 0 aliphatic carbocycles. The van der Waals surface area contributed by atoms with Gasteiger partial charge in [-0.2, -0.15) is 5.26 Å². The number of rotatable bonds is 4. The van der Waals surface area contributed by atoms with E-state index in [4.69, 9.17) is 5.26 Å². The van der Waals surface area contributed by atoms with Gasteiger partial charge in [-0.15, -0.1) is 0 Å². The van der Waals surface area contributed by atoms with Gasteiger partial charge in [0.15, 0.2) is 0 Å². The van der Waals surface area contributed by atoms with Gasteiger partial charge in [0.05, 0.1) is 6.07 Å². The van der Waals surface area contributed by atoms with Crippen LogP contribution in [0, 0.1) is 11.3 Å². The lowest BCUT2D eigenvalue weighted by Crippen LogP contribution is -2.40. The Bertz CT molecular complexity index is 488. The summed E-state index contributed by atoms with van der Waals surface area (Å²) >= 11 is 0. The first-order valence-corrected chi connectivity index (χ1v) is 6.25. The fourth-order valence-electron chi connectivity index (χ4n) is 2.55. The molecule has 0 N–H and O–H groups in total. The third-order valence-corrected chi connectivity index (χ3v) is 3.42. The average Bonchev–Trinajstić information content (AvgIpc) is 2.67. The van der Waals surface area contributed by atoms with Crippen LogP contribution in [0.3, 0.4) is 0 Å². The number of fused-ring (bicyclic) bond motifs is 1. The Hall–Kier alpha value is -1.86. The molecule has 2 rings (SSSR count). The molecular formula is C14H17N3O. The standard InChI is InChI=1S/C14H17N3O/c1-3-16(4-2)13-11-7-5-6-8-12(11)14(18)17(13)10-9-15/h5-8,13H,3-4,10H2,1-2H3. The monoisotopic (exact) mass is 243 g/mol. The molecule has 1 amide bonds. The minimum Gasteiger partial charge on any atom is -0.305 e. The molecule has 18 heavy (non-hydrogen) atoms. The van der Waals surface area contributed by atoms with Crippen molar-refractivity contribution >= 4 is 5.91 Å². The Kier molecular flexibility index (Phi) is 3.63. The highest BCUT2D eigenvalue weighted by atomic mass is 16.2. The first kappa shape index (κ1) is 12.6. The fourth-order valence-corrected chi connectivity index (χ4v) is 2.55. The summed E-state index contributed by atoms with van der Waals surface area (Å²) in [5.74, 6) is -0.0379. The summed E-state index contributed by atoms with van der Waals surface area (Å²) in [4.78, 5) is 16.1. The maximum absolute atomic E-state index is 12.3. The molecule has 0 aromatic heterocycles. The number of nitrogens with zero attached hydrogens (tertiary/aromatic N) is 3. The number of nitriles is 1. The van der Waals surface area contributed by atoms with Crippen molar-refractivity contribution in [2.75, 3.05) is 19.6 Å². The van der Waals surface area contributed by atoms with Crippen molar-refractivity contribution in [3.05, 3.63) is 35.4 Å². The van der Waals surface area contributed by atoms with Crippen LogP contribution in [-0.4, -0.2) is 35.3 Å². The second-order valence-corrected chi connectivity index (χ2v) is 4.27. The normalized spacial score (nSPS) is 18.0. The predicted octanol–water partition coefficient (Wildman–Crippen LogP) is 2.01. The van der Waals surface area contributed by atoms with Crippen LogP contribution < -0.4 is 0 Å². The Morgan fingerprint density at radius 1 is 1.33 bits per heavy atom. The number of hydrogen-bond acceptors (Lipinski definition) is 3. The molecule has 0 saturated carbocycles. The minimum atomic E-state index is -0.0941. The summed E-state index contributed by atoms with van der Waals surface area (Å²) in [6.07, 6.45) is -0.0941. The van der Waals surface area contributed by atoms with Crippen LogP contribution in [0.4, 0.5) is 0 Å². The van der Waals surface area contributed by atoms with Crippen LogP contribution in [0.2, 0.25) is 0 Å². The summed E-state index contributed by atoms with van der Waals surface area (Å²) < 4.78 is 0. The Morgan fingerprint density at radius 2 is 2.00 bits per heavy atom. The molecule has 0 bridgehead atoms. The van der Waals surface area contributed by atoms with Gasteiger partial charge in [-0.05, 0) is 19.2 Å². The molecule has 0 fully saturated rings. The highest BCUT2D eigenvalue weighted by Crippen LogP contribution is 2.35. The highest BCUT2D eigenvalue weighted by Gasteiger charge is 2.38. The molecule has 1 aromatic rings. The fraction of sp³-hybridized carbons (Fsp3) is 0.429. The molecular weight excluding hydrogens is 226 g/mol. The third-order valence-electron chi connectivity index (χ3n) is 3.42. The molecule has 1 aliphatic rings. The van der Waals surface area contributed by atoms with E-state index in [1.165, 1.54) is 0 Å². The van der Waals surface area contributed by atoms with Crippen LogP contribution >= 0.6 is 0 Å². The summed E-state index contributed by atoms with van der Waals surface area (Å²) in [5, 5.41) is 8.91. The zero-order valence-electron chi connectivity index (χ0n) is 10.8. The Morgan fingerprint density at radius 3 is 2.61 bits per heavy atom. The maximum Gasteiger partial charge on any atom is 0.256 e. The van der Waals surface area contributed by atoms with Gasteiger partial charge < -0.3 is 4.90 Å². The van der Waals surface area contributed by atoms with Gasteiger partial charge in [-0.25, -0.2) is 0 Å². The Balaban J connectivity index is 2.46. The predicted molar refractivity (Wildman–Crippen MR) is 68.8 cm³/mol. The number of carbonyl (C=O) groups is 1. The van der Waals surface area contributed by atoms with Gasteiger partial charge in [-0.1, -0.05) is 32.0 Å². The van der Waals surface area contributed by atoms with Crippen LogP contribution in [0.5, 0.6) is 0 Å². The van der Waals surface area contributed by atoms with Crippen LogP contribution in [0.15, 0.2) is 24.3 Å². The van der Waals surface area contributed by atoms with Crippen LogP contribution in [-0.2, 0) is 0 Å². The van der Waals surface area contributed by atoms with Gasteiger partial charge in [-0.3, -0.25) is 9.69 Å². The molecule has 4 heteroatoms. The molecule has 1 aliphatic heterocycles. The first-order chi connectivity index (χ1) is 8.74. The lowest BCUT2D eigenvalue weighted by molar-refractivity contribution is 0.0480. The molecule has 1 aromatic carbocycles. The van der Waals surface area contributed by atoms with Crippen molar-refractivity contribution in [2.45, 2.75) is 20.0 Å². The minimum absolute atomic E-state index is 0.0379. The van der Waals surface area contributed by atoms with E-state index in [9.17, 15) is 4.79 Å². The van der Waals surface area contributed by atoms with Gasteiger partial charge in [0, 0.05) is 11.1 Å². The largest absolute Gasteiger partial charge is 0.305 e. The maximum atomic E-state index is 12.3. The van der Waals surface area contributed by atoms with Gasteiger partial charge in [0.2, 0.25) is 0 Å². The second kappa shape index (κ2) is 5.19. The highest BCUT2D eigenvalue weighted by molar-refractivity contribution is 5.99. The first-order valence-electron chi connectivity index (χ1n) is 6.25. The zero-order chi connectivity index (χ0) is 13.1. The van der Waals surface area contributed by atoms with E-state index in [-0.39, 0.29) is 18.6 Å². The quantitative estimate of drug-likeness (QED) is 0.760. The van der Waals surface area contributed by atoms with E-state index in [2.05, 4.69) is 24.8 Å². The summed E-state index contributed by atoms with van der Waals surface area (Å²) in [5.41, 5.74) is 1.74. The second-order valence-electron chi connectivity index (χ2n) is 4.27. The van der Waals surface area contributed by atoms with Crippen LogP contribution in [0.1, 0.15) is 35.9 Å². The van der Waals surface area contributed by atoms with E-state index in [1.807, 2.05) is 24.3 Å². The topological polar surface area (TPSA) is 47.3 Å². The van der Waals surface area contributed by atoms with Crippen molar-refractivity contribution in [3.63, 3.8) is 0 Å². The molecule has 4 nitrogen and oxygen atoms in total. The number of carbonyl (C=O) groups excluding carboxylic acids is 1. The summed E-state index contributed by atoms with van der Waals surface area (Å²) in [7, 11) is 0. The van der Waals surface area contributed by atoms with Crippen molar-refractivity contribution < 1.29 is 4.79 Å². The van der Waals surface area contributed by atoms with Crippen molar-refractivity contribution in [2.24, 2.45) is 0 Å². The van der Waals surface area contributed by atoms with E-state index >= 15 is 0 Å². The third kappa shape index (κ3) is 1.87. The number of hydrogen-bond donors (Lipinski definition) is 0. The molecule has 1 heterocycles. The molecule has 0 saturated heterocycles. The Labute approximate surface area is 107 Å². The van der Waals surface area contributed by atoms with E-state index < -0.39 is 0 Å². The average molecular weight is 243 g/mol. The molecule has 1 atom stereocenters. The molecule has 0 spiro atoms. The smallest absolute Gasteiger partial charge is 0.256 e. The lowest BCUT2D eigenvalue weighted by Gasteiger charge is -2.32. The van der Waals surface area contributed by atoms with Gasteiger partial charge in [0.1, 0.15) is 12.7 Å². The number of benzene rings is 1. The van der Waals surface area contributed by atoms with E-state index in [0.717, 1.165) is 24.2 Å². The van der Waals surface area contributed by atoms with Crippen molar-refractivity contribution in [1.82, 2.24) is 9.80 Å². The SMILES string of the molecule is CCN(CC)C1c2ccccc2C(=O)N1CC#N. The van der Waals surface area contributed by atoms with Gasteiger partial charge in [0.25, 0.3) is 5.91 Å². The molecule has 94 valence electrons. The molecule has 1 unspecified atom stereocenters. The van der Waals surface area contributed by atoms with E-state index in [1.54, 1.807) is 4.90 Å². The lowest BCUT2D eigenvalue weighted by atomic mass is 10.1. The summed E-state index contributed by atoms with van der Waals surface area (Å²) in [6.45, 7) is 5.98. The zero-order valence-corrected chi connectivity index (χ0v) is 10.8. The van der Waals surface area contributed by atoms with Crippen LogP contribution in [0.25, 0.3) is 0 Å². The summed E-state index contributed by atoms with van der Waals surface area (Å²) in [6, 6.07) is 9.71. The van der Waals surface area contributed by atoms with Crippen molar-refractivity contribution in [3.8, 4) is 6.07 Å². The number of amides is 1. The molecule has 0 radical (unpaired) electrons. The van der Waals surface area contributed by atoms with Crippen molar-refractivity contribution in [1.29, 1.82) is 5.26 Å². The van der Waals surface area contributed by atoms with E-state index in [0.29, 0.717) is 0 Å².